The molecule has 2 nitrogen and oxygen atoms in total. The fourth-order valence-corrected chi connectivity index (χ4v) is 0.209. The van der Waals surface area contributed by atoms with Gasteiger partial charge in [-0.2, -0.15) is 0 Å². The molecule has 0 saturated heterocycles. The van der Waals surface area contributed by atoms with Crippen LogP contribution in [-0.2, 0) is 4.84 Å². The Labute approximate surface area is 36.1 Å². The molecule has 0 aromatic rings. The lowest BCUT2D eigenvalue weighted by atomic mass is 10.5. The van der Waals surface area contributed by atoms with Gasteiger partial charge in [0.25, 0.3) is 6.61 Å². The first-order valence-corrected chi connectivity index (χ1v) is 1.60. The van der Waals surface area contributed by atoms with E-state index in [4.69, 9.17) is 0 Å². The van der Waals surface area contributed by atoms with Crippen molar-refractivity contribution in [2.75, 3.05) is 0 Å². The average molecular weight is 81.1 g/mol. The van der Waals surface area contributed by atoms with Gasteiger partial charge in [-0.1, -0.05) is 5.16 Å². The van der Waals surface area contributed by atoms with E-state index in [2.05, 4.69) is 16.6 Å². The van der Waals surface area contributed by atoms with Gasteiger partial charge in [0.05, 0.1) is 6.21 Å². The van der Waals surface area contributed by atoms with E-state index in [9.17, 15) is 0 Å². The minimum atomic E-state index is 1.55. The molecule has 0 spiro atoms. The van der Waals surface area contributed by atoms with E-state index >= 15 is 0 Å². The topological polar surface area (TPSA) is 21.6 Å². The van der Waals surface area contributed by atoms with E-state index in [1.165, 1.54) is 0 Å². The SMILES string of the molecule is [C]1C=CC=NO1. The van der Waals surface area contributed by atoms with Gasteiger partial charge < -0.3 is 4.84 Å². The molecule has 6 heavy (non-hydrogen) atoms. The molecular weight excluding hydrogens is 78.0 g/mol. The monoisotopic (exact) mass is 81.0 g/mol. The highest BCUT2D eigenvalue weighted by Gasteiger charge is 1.80. The summed E-state index contributed by atoms with van der Waals surface area (Å²) in [6, 6.07) is 0. The predicted octanol–water partition coefficient (Wildman–Crippen LogP) is 0.597. The number of allylic oxidation sites excluding steroid dienone is 1. The van der Waals surface area contributed by atoms with Gasteiger partial charge in [0.15, 0.2) is 0 Å². The van der Waals surface area contributed by atoms with E-state index in [-0.39, 0.29) is 0 Å². The lowest BCUT2D eigenvalue weighted by Crippen LogP contribution is -1.79. The lowest BCUT2D eigenvalue weighted by molar-refractivity contribution is 0.231. The highest BCUT2D eigenvalue weighted by molar-refractivity contribution is 5.71. The van der Waals surface area contributed by atoms with Crippen LogP contribution in [-0.4, -0.2) is 6.21 Å². The van der Waals surface area contributed by atoms with Crippen LogP contribution in [0, 0.1) is 6.61 Å². The summed E-state index contributed by atoms with van der Waals surface area (Å²) < 4.78 is 0. The maximum absolute atomic E-state index is 4.30. The number of hydrogen-bond acceptors (Lipinski definition) is 2. The second kappa shape index (κ2) is 1.60. The third-order valence-electron chi connectivity index (χ3n) is 0.417. The molecule has 0 atom stereocenters. The van der Waals surface area contributed by atoms with Gasteiger partial charge in [-0.3, -0.25) is 0 Å². The van der Waals surface area contributed by atoms with Gasteiger partial charge in [0, 0.05) is 0 Å². The van der Waals surface area contributed by atoms with Crippen LogP contribution in [0.4, 0.5) is 0 Å². The maximum Gasteiger partial charge on any atom is 0.256 e. The van der Waals surface area contributed by atoms with Crippen molar-refractivity contribution in [3.8, 4) is 0 Å². The number of rotatable bonds is 0. The standard InChI is InChI=1S/C4H3NO/c1-2-4-6-5-3-1/h1-3H. The van der Waals surface area contributed by atoms with Crippen molar-refractivity contribution in [3.63, 3.8) is 0 Å². The number of nitrogens with zero attached hydrogens (tertiary/aromatic N) is 1. The second-order valence-corrected chi connectivity index (χ2v) is 0.823. The summed E-state index contributed by atoms with van der Waals surface area (Å²) in [6.07, 6.45) is 4.94. The van der Waals surface area contributed by atoms with Crippen LogP contribution >= 0.6 is 0 Å². The Morgan fingerprint density at radius 2 is 2.67 bits per heavy atom. The molecule has 0 aromatic carbocycles. The van der Waals surface area contributed by atoms with E-state index in [1.54, 1.807) is 18.4 Å². The highest BCUT2D eigenvalue weighted by Crippen LogP contribution is 1.88. The van der Waals surface area contributed by atoms with Crippen LogP contribution in [0.3, 0.4) is 0 Å². The van der Waals surface area contributed by atoms with Crippen molar-refractivity contribution in [1.82, 2.24) is 0 Å². The van der Waals surface area contributed by atoms with Crippen LogP contribution < -0.4 is 0 Å². The van der Waals surface area contributed by atoms with E-state index in [0.717, 1.165) is 0 Å². The van der Waals surface area contributed by atoms with Crippen molar-refractivity contribution in [2.24, 2.45) is 5.16 Å². The zero-order valence-corrected chi connectivity index (χ0v) is 3.09. The normalized spacial score (nSPS) is 17.3. The first-order valence-electron chi connectivity index (χ1n) is 1.60. The smallest absolute Gasteiger partial charge is 0.256 e. The summed E-state index contributed by atoms with van der Waals surface area (Å²) >= 11 is 0. The van der Waals surface area contributed by atoms with Crippen molar-refractivity contribution in [3.05, 3.63) is 18.8 Å². The Morgan fingerprint density at radius 3 is 2.83 bits per heavy atom. The first kappa shape index (κ1) is 3.40. The third kappa shape index (κ3) is 0.578. The van der Waals surface area contributed by atoms with Gasteiger partial charge >= 0.3 is 0 Å². The van der Waals surface area contributed by atoms with E-state index in [0.29, 0.717) is 0 Å². The molecule has 0 aliphatic carbocycles. The van der Waals surface area contributed by atoms with Crippen LogP contribution in [0.5, 0.6) is 0 Å². The minimum Gasteiger partial charge on any atom is -0.375 e. The molecule has 1 aliphatic rings. The summed E-state index contributed by atoms with van der Waals surface area (Å²) in [4.78, 5) is 4.30. The Bertz CT molecular complexity index is 73.5. The van der Waals surface area contributed by atoms with Crippen LogP contribution in [0.25, 0.3) is 0 Å². The van der Waals surface area contributed by atoms with Crippen molar-refractivity contribution < 1.29 is 4.84 Å². The van der Waals surface area contributed by atoms with E-state index in [1.807, 2.05) is 0 Å². The van der Waals surface area contributed by atoms with Crippen molar-refractivity contribution >= 4 is 6.21 Å². The molecule has 1 aliphatic heterocycles. The average Bonchev–Trinajstić information content (AvgIpc) is 1.72. The largest absolute Gasteiger partial charge is 0.375 e. The Morgan fingerprint density at radius 1 is 1.67 bits per heavy atom. The first-order chi connectivity index (χ1) is 3.00. The molecule has 1 heterocycles. The fourth-order valence-electron chi connectivity index (χ4n) is 0.209. The summed E-state index contributed by atoms with van der Waals surface area (Å²) in [5.74, 6) is 0. The predicted molar refractivity (Wildman–Crippen MR) is 22.0 cm³/mol. The molecule has 30 valence electrons. The van der Waals surface area contributed by atoms with E-state index < -0.39 is 0 Å². The van der Waals surface area contributed by atoms with Crippen molar-refractivity contribution in [2.45, 2.75) is 0 Å². The molecule has 0 aromatic heterocycles. The molecule has 2 heteroatoms. The lowest BCUT2D eigenvalue weighted by Gasteiger charge is -1.89. The summed E-state index contributed by atoms with van der Waals surface area (Å²) in [5, 5.41) is 3.35. The van der Waals surface area contributed by atoms with Gasteiger partial charge in [-0.25, -0.2) is 0 Å². The molecule has 0 fully saturated rings. The Kier molecular flexibility index (Phi) is 0.906. The zero-order valence-electron chi connectivity index (χ0n) is 3.09. The molecule has 0 bridgehead atoms. The molecule has 0 amide bonds. The summed E-state index contributed by atoms with van der Waals surface area (Å²) in [7, 11) is 0. The second-order valence-electron chi connectivity index (χ2n) is 0.823. The summed E-state index contributed by atoms with van der Waals surface area (Å²) in [5.41, 5.74) is 0. The van der Waals surface area contributed by atoms with Gasteiger partial charge in [-0.05, 0) is 12.2 Å². The quantitative estimate of drug-likeness (QED) is 0.418. The maximum atomic E-state index is 4.30. The Balaban J connectivity index is 2.46. The number of hydrogen-bond donors (Lipinski definition) is 0. The molecule has 0 N–H and O–H groups in total. The van der Waals surface area contributed by atoms with Gasteiger partial charge in [-0.15, -0.1) is 0 Å². The fraction of sp³-hybridized carbons (Fsp3) is 0. The van der Waals surface area contributed by atoms with Crippen LogP contribution in [0.2, 0.25) is 0 Å². The van der Waals surface area contributed by atoms with Gasteiger partial charge in [0.2, 0.25) is 0 Å². The molecule has 2 radical (unpaired) electrons. The molecule has 1 rings (SSSR count). The number of oxime groups is 1. The molecule has 0 unspecified atom stereocenters. The Hall–Kier alpha value is -0.790. The van der Waals surface area contributed by atoms with Gasteiger partial charge in [0.1, 0.15) is 0 Å². The van der Waals surface area contributed by atoms with Crippen LogP contribution in [0.1, 0.15) is 0 Å². The highest BCUT2D eigenvalue weighted by atomic mass is 16.6. The van der Waals surface area contributed by atoms with Crippen molar-refractivity contribution in [1.29, 1.82) is 0 Å². The summed E-state index contributed by atoms with van der Waals surface area (Å²) in [6.45, 7) is 2.41. The molecular formula is C4H3NO. The molecule has 0 saturated carbocycles. The van der Waals surface area contributed by atoms with Crippen LogP contribution in [0.15, 0.2) is 17.3 Å². The zero-order chi connectivity index (χ0) is 4.24. The minimum absolute atomic E-state index is 1.55. The third-order valence-corrected chi connectivity index (χ3v) is 0.417.